The molecule has 2 heterocycles. The molecule has 0 aliphatic carbocycles. The molecule has 2 rings (SSSR count). The molecule has 0 aromatic carbocycles. The van der Waals surface area contributed by atoms with Gasteiger partial charge in [0.2, 0.25) is 5.95 Å². The predicted molar refractivity (Wildman–Crippen MR) is 57.1 cm³/mol. The van der Waals surface area contributed by atoms with E-state index in [1.807, 2.05) is 0 Å². The van der Waals surface area contributed by atoms with Gasteiger partial charge in [-0.15, -0.1) is 0 Å². The molecule has 1 N–H and O–H groups in total. The Kier molecular flexibility index (Phi) is 2.99. The Morgan fingerprint density at radius 2 is 2.41 bits per heavy atom. The van der Waals surface area contributed by atoms with E-state index >= 15 is 0 Å². The zero-order chi connectivity index (χ0) is 12.3. The number of pyridine rings is 1. The summed E-state index contributed by atoms with van der Waals surface area (Å²) < 4.78 is 12.6. The van der Waals surface area contributed by atoms with Crippen molar-refractivity contribution in [3.05, 3.63) is 64.4 Å². The van der Waals surface area contributed by atoms with Gasteiger partial charge < -0.3 is 10.2 Å². The topological polar surface area (TPSA) is 71.3 Å². The number of hydrogen-bond acceptors (Lipinski definition) is 5. The lowest BCUT2D eigenvalue weighted by Crippen LogP contribution is -2.19. The molecule has 0 radical (unpaired) electrons. The van der Waals surface area contributed by atoms with Crippen LogP contribution in [0.1, 0.15) is 5.56 Å². The van der Waals surface area contributed by atoms with Crippen molar-refractivity contribution in [2.24, 2.45) is 0 Å². The number of hydrogen-bond donors (Lipinski definition) is 1. The summed E-state index contributed by atoms with van der Waals surface area (Å²) in [4.78, 5) is 15.0. The Balaban J connectivity index is 2.10. The molecule has 0 unspecified atom stereocenters. The summed E-state index contributed by atoms with van der Waals surface area (Å²) in [5, 5.41) is 13.1. The average molecular weight is 236 g/mol. The molecule has 88 valence electrons. The maximum absolute atomic E-state index is 12.6. The zero-order valence-electron chi connectivity index (χ0n) is 8.71. The lowest BCUT2D eigenvalue weighted by atomic mass is 10.3. The summed E-state index contributed by atoms with van der Waals surface area (Å²) in [6.07, 6.45) is 5.52. The molecule has 6 nitrogen and oxygen atoms in total. The van der Waals surface area contributed by atoms with E-state index in [2.05, 4.69) is 10.3 Å². The molecule has 0 atom stereocenters. The molecule has 0 amide bonds. The molecule has 0 bridgehead atoms. The fraction of sp³-hybridized carbons (Fsp3) is 0.100. The van der Waals surface area contributed by atoms with Crippen molar-refractivity contribution in [3.63, 3.8) is 0 Å². The number of nitro groups is 1. The van der Waals surface area contributed by atoms with E-state index in [0.29, 0.717) is 12.4 Å². The Morgan fingerprint density at radius 1 is 1.59 bits per heavy atom. The minimum absolute atomic E-state index is 0.360. The number of halogens is 1. The standard InChI is InChI=1S/C10H9FN4O2/c11-9-2-1-8(5-13-9)6-14-4-3-12-10(14)7-15(16)17/h1-5,7,12H,6H2. The third-order valence-electron chi connectivity index (χ3n) is 2.16. The highest BCUT2D eigenvalue weighted by Crippen LogP contribution is 2.13. The van der Waals surface area contributed by atoms with Crippen molar-refractivity contribution >= 4 is 0 Å². The third-order valence-corrected chi connectivity index (χ3v) is 2.16. The minimum atomic E-state index is -0.551. The number of aromatic nitrogens is 1. The van der Waals surface area contributed by atoms with Crippen molar-refractivity contribution in [2.75, 3.05) is 0 Å². The van der Waals surface area contributed by atoms with Gasteiger partial charge in [-0.1, -0.05) is 6.07 Å². The van der Waals surface area contributed by atoms with Gasteiger partial charge in [0.1, 0.15) is 0 Å². The second kappa shape index (κ2) is 4.60. The predicted octanol–water partition coefficient (Wildman–Crippen LogP) is 1.17. The van der Waals surface area contributed by atoms with Crippen LogP contribution in [0.4, 0.5) is 4.39 Å². The van der Waals surface area contributed by atoms with Gasteiger partial charge in [0.15, 0.2) is 5.82 Å². The fourth-order valence-electron chi connectivity index (χ4n) is 1.42. The van der Waals surface area contributed by atoms with E-state index in [1.54, 1.807) is 23.4 Å². The van der Waals surface area contributed by atoms with Crippen molar-refractivity contribution < 1.29 is 9.31 Å². The van der Waals surface area contributed by atoms with E-state index in [-0.39, 0.29) is 0 Å². The van der Waals surface area contributed by atoms with Crippen LogP contribution < -0.4 is 5.32 Å². The lowest BCUT2D eigenvalue weighted by molar-refractivity contribution is -0.404. The molecule has 0 fully saturated rings. The van der Waals surface area contributed by atoms with Crippen molar-refractivity contribution in [3.8, 4) is 0 Å². The largest absolute Gasteiger partial charge is 0.341 e. The highest BCUT2D eigenvalue weighted by molar-refractivity contribution is 5.16. The second-order valence-electron chi connectivity index (χ2n) is 3.38. The molecule has 0 spiro atoms. The SMILES string of the molecule is O=[N+]([O-])C=C1NC=CN1Cc1ccc(F)nc1. The van der Waals surface area contributed by atoms with Gasteiger partial charge in [-0.25, -0.2) is 4.98 Å². The summed E-state index contributed by atoms with van der Waals surface area (Å²) in [7, 11) is 0. The first-order valence-corrected chi connectivity index (χ1v) is 4.81. The second-order valence-corrected chi connectivity index (χ2v) is 3.38. The monoisotopic (exact) mass is 236 g/mol. The van der Waals surface area contributed by atoms with Crippen LogP contribution in [0.3, 0.4) is 0 Å². The van der Waals surface area contributed by atoms with Crippen LogP contribution in [-0.2, 0) is 6.54 Å². The summed E-state index contributed by atoms with van der Waals surface area (Å²) in [5.74, 6) is -0.191. The van der Waals surface area contributed by atoms with Crippen LogP contribution in [0.25, 0.3) is 0 Å². The normalized spacial score (nSPS) is 16.3. The van der Waals surface area contributed by atoms with Crippen LogP contribution >= 0.6 is 0 Å². The lowest BCUT2D eigenvalue weighted by Gasteiger charge is -2.15. The minimum Gasteiger partial charge on any atom is -0.341 e. The van der Waals surface area contributed by atoms with Crippen LogP contribution in [0.15, 0.2) is 42.8 Å². The van der Waals surface area contributed by atoms with Gasteiger partial charge in [0.25, 0.3) is 6.20 Å². The van der Waals surface area contributed by atoms with Gasteiger partial charge in [0, 0.05) is 18.6 Å². The highest BCUT2D eigenvalue weighted by Gasteiger charge is 2.15. The summed E-state index contributed by atoms with van der Waals surface area (Å²) in [6, 6.07) is 2.83. The van der Waals surface area contributed by atoms with E-state index in [1.165, 1.54) is 12.3 Å². The Hall–Kier alpha value is -2.44. The van der Waals surface area contributed by atoms with Gasteiger partial charge in [-0.05, 0) is 11.6 Å². The van der Waals surface area contributed by atoms with Crippen LogP contribution in [0.5, 0.6) is 0 Å². The van der Waals surface area contributed by atoms with Crippen LogP contribution in [0, 0.1) is 16.1 Å². The Bertz CT molecular complexity index is 484. The number of nitrogens with one attached hydrogen (secondary N) is 1. The molecule has 0 saturated heterocycles. The molecule has 1 aromatic rings. The van der Waals surface area contributed by atoms with Gasteiger partial charge in [-0.2, -0.15) is 4.39 Å². The van der Waals surface area contributed by atoms with Gasteiger partial charge in [0.05, 0.1) is 11.5 Å². The third kappa shape index (κ3) is 2.77. The van der Waals surface area contributed by atoms with Crippen LogP contribution in [0.2, 0.25) is 0 Å². The highest BCUT2D eigenvalue weighted by atomic mass is 19.1. The van der Waals surface area contributed by atoms with E-state index in [4.69, 9.17) is 0 Å². The first kappa shape index (κ1) is 11.1. The molecule has 1 aliphatic rings. The van der Waals surface area contributed by atoms with Crippen molar-refractivity contribution in [1.82, 2.24) is 15.2 Å². The summed E-state index contributed by atoms with van der Waals surface area (Å²) >= 11 is 0. The molecule has 0 saturated carbocycles. The van der Waals surface area contributed by atoms with E-state index in [9.17, 15) is 14.5 Å². The quantitative estimate of drug-likeness (QED) is 0.484. The first-order valence-electron chi connectivity index (χ1n) is 4.81. The Labute approximate surface area is 96.2 Å². The number of nitrogens with zero attached hydrogens (tertiary/aromatic N) is 3. The molecule has 17 heavy (non-hydrogen) atoms. The maximum Gasteiger partial charge on any atom is 0.274 e. The molecular weight excluding hydrogens is 227 g/mol. The summed E-state index contributed by atoms with van der Waals surface area (Å²) in [5.41, 5.74) is 0.758. The number of rotatable bonds is 3. The van der Waals surface area contributed by atoms with E-state index < -0.39 is 10.9 Å². The Morgan fingerprint density at radius 3 is 3.06 bits per heavy atom. The molecule has 1 aromatic heterocycles. The van der Waals surface area contributed by atoms with E-state index in [0.717, 1.165) is 11.8 Å². The molecule has 7 heteroatoms. The zero-order valence-corrected chi connectivity index (χ0v) is 8.71. The molecule has 1 aliphatic heterocycles. The first-order chi connectivity index (χ1) is 8.15. The van der Waals surface area contributed by atoms with Crippen molar-refractivity contribution in [2.45, 2.75) is 6.54 Å². The fourth-order valence-corrected chi connectivity index (χ4v) is 1.42. The van der Waals surface area contributed by atoms with Crippen molar-refractivity contribution in [1.29, 1.82) is 0 Å². The van der Waals surface area contributed by atoms with Crippen LogP contribution in [-0.4, -0.2) is 14.8 Å². The van der Waals surface area contributed by atoms with Gasteiger partial charge >= 0.3 is 0 Å². The molecular formula is C10H9FN4O2. The smallest absolute Gasteiger partial charge is 0.274 e. The van der Waals surface area contributed by atoms with Gasteiger partial charge in [-0.3, -0.25) is 10.1 Å². The maximum atomic E-state index is 12.6. The summed E-state index contributed by atoms with van der Waals surface area (Å²) in [6.45, 7) is 0.385. The average Bonchev–Trinajstić information content (AvgIpc) is 2.68.